The number of aryl methyl sites for hydroxylation is 2. The summed E-state index contributed by atoms with van der Waals surface area (Å²) in [5, 5.41) is 7.80. The van der Waals surface area contributed by atoms with Gasteiger partial charge in [0, 0.05) is 55.9 Å². The summed E-state index contributed by atoms with van der Waals surface area (Å²) in [5.41, 5.74) is 0.0550. The molecule has 0 saturated heterocycles. The van der Waals surface area contributed by atoms with Crippen molar-refractivity contribution in [3.05, 3.63) is 50.8 Å². The molecule has 2 aromatic rings. The fourth-order valence-electron chi connectivity index (χ4n) is 2.49. The van der Waals surface area contributed by atoms with Crippen molar-refractivity contribution in [3.63, 3.8) is 0 Å². The summed E-state index contributed by atoms with van der Waals surface area (Å²) < 4.78 is 1.74. The van der Waals surface area contributed by atoms with Gasteiger partial charge in [-0.25, -0.2) is 4.98 Å². The van der Waals surface area contributed by atoms with E-state index in [2.05, 4.69) is 34.5 Å². The van der Waals surface area contributed by atoms with Crippen LogP contribution in [0.2, 0.25) is 0 Å². The first kappa shape index (κ1) is 20.2. The first-order chi connectivity index (χ1) is 12.7. The van der Waals surface area contributed by atoms with Gasteiger partial charge in [-0.3, -0.25) is 9.79 Å². The normalized spacial score (nSPS) is 11.5. The van der Waals surface area contributed by atoms with Crippen molar-refractivity contribution < 1.29 is 0 Å². The number of unbranched alkanes of at least 4 members (excludes halogenated alkanes) is 1. The molecule has 2 rings (SSSR count). The molecule has 0 aliphatic rings. The molecule has 0 radical (unpaired) electrons. The topological polar surface area (TPSA) is 71.3 Å². The maximum absolute atomic E-state index is 11.6. The summed E-state index contributed by atoms with van der Waals surface area (Å²) in [6, 6.07) is 5.25. The van der Waals surface area contributed by atoms with Crippen LogP contribution in [-0.4, -0.2) is 35.1 Å². The number of hydrogen-bond acceptors (Lipinski definition) is 4. The third-order valence-corrected chi connectivity index (χ3v) is 5.10. The molecule has 2 aromatic heterocycles. The number of nitrogens with one attached hydrogen (secondary N) is 2. The Morgan fingerprint density at radius 3 is 2.88 bits per heavy atom. The van der Waals surface area contributed by atoms with E-state index in [1.807, 2.05) is 18.5 Å². The Morgan fingerprint density at radius 2 is 2.15 bits per heavy atom. The number of aliphatic imine (C=N–C) groups is 1. The second-order valence-corrected chi connectivity index (χ2v) is 7.15. The lowest BCUT2D eigenvalue weighted by Gasteiger charge is -2.10. The Labute approximate surface area is 159 Å². The summed E-state index contributed by atoms with van der Waals surface area (Å²) in [7, 11) is 0. The Hall–Kier alpha value is -2.15. The lowest BCUT2D eigenvalue weighted by Crippen LogP contribution is -2.38. The minimum atomic E-state index is 0.0550. The maximum atomic E-state index is 11.6. The van der Waals surface area contributed by atoms with Gasteiger partial charge in [-0.2, -0.15) is 0 Å². The third-order valence-electron chi connectivity index (χ3n) is 3.90. The number of hydrogen-bond donors (Lipinski definition) is 2. The van der Waals surface area contributed by atoms with Crippen molar-refractivity contribution in [1.82, 2.24) is 20.2 Å². The van der Waals surface area contributed by atoms with Crippen LogP contribution in [0, 0.1) is 0 Å². The number of pyridine rings is 1. The standard InChI is InChI=1S/C19H29N5OS/c1-3-16-15-23-17(26-16)10-12-22-19(20-4-2)21-11-6-8-14-24-13-7-5-9-18(24)25/h5,7,9,13,15H,3-4,6,8,10-12,14H2,1-2H3,(H2,20,21,22). The van der Waals surface area contributed by atoms with E-state index in [9.17, 15) is 4.79 Å². The van der Waals surface area contributed by atoms with Crippen LogP contribution in [-0.2, 0) is 19.4 Å². The minimum absolute atomic E-state index is 0.0550. The predicted octanol–water partition coefficient (Wildman–Crippen LogP) is 2.45. The van der Waals surface area contributed by atoms with Crippen LogP contribution >= 0.6 is 11.3 Å². The van der Waals surface area contributed by atoms with Crippen molar-refractivity contribution in [2.24, 2.45) is 4.99 Å². The van der Waals surface area contributed by atoms with Gasteiger partial charge in [-0.1, -0.05) is 13.0 Å². The van der Waals surface area contributed by atoms with Gasteiger partial charge < -0.3 is 15.2 Å². The number of rotatable bonds is 10. The molecular formula is C19H29N5OS. The van der Waals surface area contributed by atoms with Gasteiger partial charge in [-0.05, 0) is 32.3 Å². The molecule has 6 nitrogen and oxygen atoms in total. The van der Waals surface area contributed by atoms with Crippen LogP contribution in [0.4, 0.5) is 0 Å². The molecule has 0 amide bonds. The molecular weight excluding hydrogens is 346 g/mol. The van der Waals surface area contributed by atoms with E-state index in [4.69, 9.17) is 0 Å². The van der Waals surface area contributed by atoms with E-state index in [0.717, 1.165) is 57.8 Å². The van der Waals surface area contributed by atoms with Crippen molar-refractivity contribution in [3.8, 4) is 0 Å². The molecule has 2 N–H and O–H groups in total. The predicted molar refractivity (Wildman–Crippen MR) is 109 cm³/mol. The van der Waals surface area contributed by atoms with Gasteiger partial charge in [-0.15, -0.1) is 11.3 Å². The molecule has 7 heteroatoms. The Bertz CT molecular complexity index is 737. The average Bonchev–Trinajstić information content (AvgIpc) is 3.11. The van der Waals surface area contributed by atoms with Gasteiger partial charge in [0.2, 0.25) is 5.56 Å². The second kappa shape index (κ2) is 11.5. The first-order valence-electron chi connectivity index (χ1n) is 9.34. The van der Waals surface area contributed by atoms with Crippen molar-refractivity contribution >= 4 is 17.3 Å². The highest BCUT2D eigenvalue weighted by molar-refractivity contribution is 7.11. The molecule has 0 aliphatic heterocycles. The minimum Gasteiger partial charge on any atom is -0.357 e. The molecule has 0 bridgehead atoms. The van der Waals surface area contributed by atoms with Crippen LogP contribution < -0.4 is 16.2 Å². The first-order valence-corrected chi connectivity index (χ1v) is 10.2. The zero-order valence-corrected chi connectivity index (χ0v) is 16.5. The van der Waals surface area contributed by atoms with Crippen LogP contribution in [0.5, 0.6) is 0 Å². The number of aromatic nitrogens is 2. The zero-order chi connectivity index (χ0) is 18.6. The van der Waals surface area contributed by atoms with E-state index < -0.39 is 0 Å². The van der Waals surface area contributed by atoms with Crippen LogP contribution in [0.1, 0.15) is 36.6 Å². The molecule has 2 heterocycles. The van der Waals surface area contributed by atoms with Gasteiger partial charge in [0.05, 0.1) is 5.01 Å². The van der Waals surface area contributed by atoms with Crippen molar-refractivity contribution in [2.75, 3.05) is 19.6 Å². The fraction of sp³-hybridized carbons (Fsp3) is 0.526. The molecule has 0 aromatic carbocycles. The van der Waals surface area contributed by atoms with Crippen molar-refractivity contribution in [1.29, 1.82) is 0 Å². The van der Waals surface area contributed by atoms with Gasteiger partial charge in [0.15, 0.2) is 5.96 Å². The van der Waals surface area contributed by atoms with Gasteiger partial charge in [0.1, 0.15) is 0 Å². The molecule has 0 atom stereocenters. The monoisotopic (exact) mass is 375 g/mol. The maximum Gasteiger partial charge on any atom is 0.250 e. The molecule has 0 spiro atoms. The number of guanidine groups is 1. The van der Waals surface area contributed by atoms with Crippen LogP contribution in [0.25, 0.3) is 0 Å². The Kier molecular flexibility index (Phi) is 8.89. The summed E-state index contributed by atoms with van der Waals surface area (Å²) in [6.45, 7) is 7.36. The van der Waals surface area contributed by atoms with Gasteiger partial charge in [0.25, 0.3) is 0 Å². The third kappa shape index (κ3) is 7.00. The molecule has 0 saturated carbocycles. The van der Waals surface area contributed by atoms with E-state index in [-0.39, 0.29) is 5.56 Å². The van der Waals surface area contributed by atoms with Gasteiger partial charge >= 0.3 is 0 Å². The average molecular weight is 376 g/mol. The Balaban J connectivity index is 1.70. The SMILES string of the molecule is CCNC(=NCCCCn1ccccc1=O)NCCc1ncc(CC)s1. The highest BCUT2D eigenvalue weighted by Crippen LogP contribution is 2.13. The number of nitrogens with zero attached hydrogens (tertiary/aromatic N) is 3. The summed E-state index contributed by atoms with van der Waals surface area (Å²) in [4.78, 5) is 22.0. The molecule has 0 unspecified atom stereocenters. The highest BCUT2D eigenvalue weighted by atomic mass is 32.1. The quantitative estimate of drug-likeness (QED) is 0.380. The zero-order valence-electron chi connectivity index (χ0n) is 15.7. The number of thiazole rings is 1. The molecule has 0 fully saturated rings. The smallest absolute Gasteiger partial charge is 0.250 e. The lowest BCUT2D eigenvalue weighted by molar-refractivity contribution is 0.597. The fourth-order valence-corrected chi connectivity index (χ4v) is 3.35. The van der Waals surface area contributed by atoms with Crippen molar-refractivity contribution in [2.45, 2.75) is 46.1 Å². The van der Waals surface area contributed by atoms with E-state index >= 15 is 0 Å². The van der Waals surface area contributed by atoms with Crippen LogP contribution in [0.3, 0.4) is 0 Å². The lowest BCUT2D eigenvalue weighted by atomic mass is 10.3. The summed E-state index contributed by atoms with van der Waals surface area (Å²) >= 11 is 1.78. The molecule has 142 valence electrons. The summed E-state index contributed by atoms with van der Waals surface area (Å²) in [6.07, 6.45) is 7.64. The van der Waals surface area contributed by atoms with Crippen LogP contribution in [0.15, 0.2) is 40.4 Å². The molecule has 0 aliphatic carbocycles. The summed E-state index contributed by atoms with van der Waals surface area (Å²) in [5.74, 6) is 0.844. The second-order valence-electron chi connectivity index (χ2n) is 5.95. The molecule has 26 heavy (non-hydrogen) atoms. The van der Waals surface area contributed by atoms with E-state index in [1.165, 1.54) is 9.88 Å². The van der Waals surface area contributed by atoms with E-state index in [0.29, 0.717) is 0 Å². The van der Waals surface area contributed by atoms with E-state index in [1.54, 1.807) is 28.0 Å². The Morgan fingerprint density at radius 1 is 1.27 bits per heavy atom. The largest absolute Gasteiger partial charge is 0.357 e. The highest BCUT2D eigenvalue weighted by Gasteiger charge is 2.02.